The summed E-state index contributed by atoms with van der Waals surface area (Å²) in [4.78, 5) is 4.59. The molecule has 1 saturated heterocycles. The van der Waals surface area contributed by atoms with Gasteiger partial charge >= 0.3 is 0 Å². The van der Waals surface area contributed by atoms with Crippen molar-refractivity contribution >= 4 is 5.96 Å². The molecule has 1 unspecified atom stereocenters. The van der Waals surface area contributed by atoms with Gasteiger partial charge in [-0.1, -0.05) is 0 Å². The number of aromatic nitrogens is 3. The van der Waals surface area contributed by atoms with Crippen LogP contribution in [0.5, 0.6) is 0 Å². The van der Waals surface area contributed by atoms with E-state index in [9.17, 15) is 0 Å². The topological polar surface area (TPSA) is 85.6 Å². The smallest absolute Gasteiger partial charge is 0.191 e. The van der Waals surface area contributed by atoms with E-state index in [1.165, 1.54) is 0 Å². The van der Waals surface area contributed by atoms with Gasteiger partial charge in [0.05, 0.1) is 13.2 Å². The summed E-state index contributed by atoms with van der Waals surface area (Å²) in [6.45, 7) is 8.89. The number of aryl methyl sites for hydroxylation is 1. The average molecular weight is 352 g/mol. The zero-order valence-electron chi connectivity index (χ0n) is 15.3. The lowest BCUT2D eigenvalue weighted by Crippen LogP contribution is -2.38. The minimum Gasteiger partial charge on any atom is -0.381 e. The first-order valence-electron chi connectivity index (χ1n) is 9.38. The summed E-state index contributed by atoms with van der Waals surface area (Å²) < 4.78 is 13.0. The van der Waals surface area contributed by atoms with Gasteiger partial charge in [0, 0.05) is 45.3 Å². The van der Waals surface area contributed by atoms with Crippen LogP contribution in [0.1, 0.15) is 32.6 Å². The van der Waals surface area contributed by atoms with Crippen LogP contribution in [0.2, 0.25) is 0 Å². The van der Waals surface area contributed by atoms with Crippen LogP contribution in [0.4, 0.5) is 0 Å². The fraction of sp³-hybridized carbons (Fsp3) is 0.824. The van der Waals surface area contributed by atoms with Gasteiger partial charge in [0.15, 0.2) is 5.96 Å². The van der Waals surface area contributed by atoms with E-state index in [-0.39, 0.29) is 0 Å². The van der Waals surface area contributed by atoms with Gasteiger partial charge < -0.3 is 24.7 Å². The maximum atomic E-state index is 5.71. The van der Waals surface area contributed by atoms with Gasteiger partial charge in [-0.05, 0) is 32.6 Å². The van der Waals surface area contributed by atoms with Crippen LogP contribution >= 0.6 is 0 Å². The SMILES string of the molecule is CCNC(=NCCCOCC1CCOC1)NCCCCn1cnnc1. The average Bonchev–Trinajstić information content (AvgIpc) is 3.31. The fourth-order valence-electron chi connectivity index (χ4n) is 2.63. The summed E-state index contributed by atoms with van der Waals surface area (Å²) in [5, 5.41) is 14.3. The largest absolute Gasteiger partial charge is 0.381 e. The van der Waals surface area contributed by atoms with Crippen molar-refractivity contribution in [3.63, 3.8) is 0 Å². The Labute approximate surface area is 150 Å². The summed E-state index contributed by atoms with van der Waals surface area (Å²) in [7, 11) is 0. The van der Waals surface area contributed by atoms with Gasteiger partial charge in [0.1, 0.15) is 12.7 Å². The van der Waals surface area contributed by atoms with E-state index in [1.54, 1.807) is 12.7 Å². The number of ether oxygens (including phenoxy) is 2. The summed E-state index contributed by atoms with van der Waals surface area (Å²) in [6.07, 6.45) is 7.74. The molecule has 0 radical (unpaired) electrons. The van der Waals surface area contributed by atoms with E-state index >= 15 is 0 Å². The molecule has 1 aromatic rings. The highest BCUT2D eigenvalue weighted by Gasteiger charge is 2.15. The summed E-state index contributed by atoms with van der Waals surface area (Å²) >= 11 is 0. The highest BCUT2D eigenvalue weighted by atomic mass is 16.5. The first kappa shape index (κ1) is 19.7. The molecule has 0 bridgehead atoms. The molecule has 0 saturated carbocycles. The van der Waals surface area contributed by atoms with E-state index in [2.05, 4.69) is 32.7 Å². The number of rotatable bonds is 12. The van der Waals surface area contributed by atoms with E-state index < -0.39 is 0 Å². The van der Waals surface area contributed by atoms with Crippen molar-refractivity contribution in [2.45, 2.75) is 39.2 Å². The summed E-state index contributed by atoms with van der Waals surface area (Å²) in [5.74, 6) is 1.47. The molecule has 0 aliphatic carbocycles. The van der Waals surface area contributed by atoms with E-state index in [1.807, 2.05) is 4.57 Å². The number of hydrogen-bond acceptors (Lipinski definition) is 5. The maximum absolute atomic E-state index is 5.71. The predicted molar refractivity (Wildman–Crippen MR) is 97.6 cm³/mol. The molecule has 8 heteroatoms. The predicted octanol–water partition coefficient (Wildman–Crippen LogP) is 1.06. The molecule has 1 aromatic heterocycles. The van der Waals surface area contributed by atoms with Crippen molar-refractivity contribution in [3.05, 3.63) is 12.7 Å². The van der Waals surface area contributed by atoms with Gasteiger partial charge in [0.25, 0.3) is 0 Å². The Bertz CT molecular complexity index is 460. The van der Waals surface area contributed by atoms with Crippen molar-refractivity contribution in [1.29, 1.82) is 0 Å². The zero-order valence-corrected chi connectivity index (χ0v) is 15.3. The third kappa shape index (κ3) is 8.83. The number of unbranched alkanes of at least 4 members (excludes halogenated alkanes) is 1. The molecule has 1 aliphatic rings. The van der Waals surface area contributed by atoms with Crippen molar-refractivity contribution in [2.24, 2.45) is 10.9 Å². The molecular formula is C17H32N6O2. The van der Waals surface area contributed by atoms with Crippen LogP contribution in [-0.2, 0) is 16.0 Å². The van der Waals surface area contributed by atoms with E-state index in [0.29, 0.717) is 5.92 Å². The molecule has 0 spiro atoms. The Hall–Kier alpha value is -1.67. The molecular weight excluding hydrogens is 320 g/mol. The van der Waals surface area contributed by atoms with Gasteiger partial charge in [-0.3, -0.25) is 4.99 Å². The first-order valence-corrected chi connectivity index (χ1v) is 9.38. The number of nitrogens with one attached hydrogen (secondary N) is 2. The minimum absolute atomic E-state index is 0.584. The zero-order chi connectivity index (χ0) is 17.6. The summed E-state index contributed by atoms with van der Waals surface area (Å²) in [6, 6.07) is 0. The molecule has 8 nitrogen and oxygen atoms in total. The van der Waals surface area contributed by atoms with E-state index in [0.717, 1.165) is 84.2 Å². The Morgan fingerprint density at radius 2 is 2.16 bits per heavy atom. The Morgan fingerprint density at radius 3 is 2.92 bits per heavy atom. The van der Waals surface area contributed by atoms with Gasteiger partial charge in [-0.2, -0.15) is 0 Å². The number of hydrogen-bond donors (Lipinski definition) is 2. The number of guanidine groups is 1. The van der Waals surface area contributed by atoms with Crippen LogP contribution in [-0.4, -0.2) is 66.8 Å². The second-order valence-electron chi connectivity index (χ2n) is 6.25. The monoisotopic (exact) mass is 352 g/mol. The third-order valence-electron chi connectivity index (χ3n) is 4.04. The number of nitrogens with zero attached hydrogens (tertiary/aromatic N) is 4. The van der Waals surface area contributed by atoms with Gasteiger partial charge in [-0.25, -0.2) is 0 Å². The van der Waals surface area contributed by atoms with Crippen LogP contribution in [0.25, 0.3) is 0 Å². The number of aliphatic imine (C=N–C) groups is 1. The van der Waals surface area contributed by atoms with Crippen LogP contribution < -0.4 is 10.6 Å². The molecule has 2 rings (SSSR count). The van der Waals surface area contributed by atoms with Crippen LogP contribution in [0.3, 0.4) is 0 Å². The Balaban J connectivity index is 1.49. The molecule has 0 aromatic carbocycles. The Morgan fingerprint density at radius 1 is 1.28 bits per heavy atom. The third-order valence-corrected chi connectivity index (χ3v) is 4.04. The second-order valence-corrected chi connectivity index (χ2v) is 6.25. The minimum atomic E-state index is 0.584. The van der Waals surface area contributed by atoms with Crippen molar-refractivity contribution in [2.75, 3.05) is 46.1 Å². The van der Waals surface area contributed by atoms with Crippen molar-refractivity contribution in [1.82, 2.24) is 25.4 Å². The molecule has 1 fully saturated rings. The quantitative estimate of drug-likeness (QED) is 0.332. The highest BCUT2D eigenvalue weighted by molar-refractivity contribution is 5.79. The van der Waals surface area contributed by atoms with Crippen molar-refractivity contribution in [3.8, 4) is 0 Å². The van der Waals surface area contributed by atoms with Gasteiger partial charge in [0.2, 0.25) is 0 Å². The van der Waals surface area contributed by atoms with Crippen LogP contribution in [0.15, 0.2) is 17.6 Å². The Kier molecular flexibility index (Phi) is 9.95. The lowest BCUT2D eigenvalue weighted by atomic mass is 10.1. The second kappa shape index (κ2) is 12.7. The molecule has 2 heterocycles. The fourth-order valence-corrected chi connectivity index (χ4v) is 2.63. The molecule has 0 amide bonds. The highest BCUT2D eigenvalue weighted by Crippen LogP contribution is 2.12. The molecule has 1 aliphatic heterocycles. The van der Waals surface area contributed by atoms with Crippen molar-refractivity contribution < 1.29 is 9.47 Å². The van der Waals surface area contributed by atoms with Crippen LogP contribution in [0, 0.1) is 5.92 Å². The standard InChI is InChI=1S/C17H32N6O2/c1-2-18-17(19-7-3-4-9-23-14-21-22-15-23)20-8-5-10-24-12-16-6-11-25-13-16/h14-16H,2-13H2,1H3,(H2,18,19,20). The molecule has 1 atom stereocenters. The maximum Gasteiger partial charge on any atom is 0.191 e. The van der Waals surface area contributed by atoms with Gasteiger partial charge in [-0.15, -0.1) is 10.2 Å². The normalized spacial score (nSPS) is 17.8. The lowest BCUT2D eigenvalue weighted by Gasteiger charge is -2.11. The molecule has 142 valence electrons. The van der Waals surface area contributed by atoms with E-state index in [4.69, 9.17) is 9.47 Å². The lowest BCUT2D eigenvalue weighted by molar-refractivity contribution is 0.0893. The summed E-state index contributed by atoms with van der Waals surface area (Å²) in [5.41, 5.74) is 0. The first-order chi connectivity index (χ1) is 12.4. The molecule has 25 heavy (non-hydrogen) atoms. The molecule has 2 N–H and O–H groups in total.